The first-order valence-electron chi connectivity index (χ1n) is 13.3. The summed E-state index contributed by atoms with van der Waals surface area (Å²) in [5.74, 6) is -1.04. The Labute approximate surface area is 216 Å². The molecule has 0 amide bonds. The van der Waals surface area contributed by atoms with Gasteiger partial charge >= 0.3 is 11.9 Å². The highest BCUT2D eigenvalue weighted by molar-refractivity contribution is 6.30. The Morgan fingerprint density at radius 2 is 1.17 bits per heavy atom. The van der Waals surface area contributed by atoms with E-state index in [0.717, 1.165) is 18.4 Å². The predicted molar refractivity (Wildman–Crippen MR) is 143 cm³/mol. The number of unbranched alkanes of at least 4 members (excludes halogenated alkanes) is 12. The minimum absolute atomic E-state index is 0.0851. The molecule has 0 unspecified atom stereocenters. The molecule has 2 aromatic rings. The molecule has 35 heavy (non-hydrogen) atoms. The van der Waals surface area contributed by atoms with Crippen molar-refractivity contribution in [3.05, 3.63) is 70.2 Å². The highest BCUT2D eigenvalue weighted by Gasteiger charge is 2.19. The second-order valence-corrected chi connectivity index (χ2v) is 9.57. The first kappa shape index (κ1) is 28.9. The third kappa shape index (κ3) is 12.3. The Kier molecular flexibility index (Phi) is 14.9. The Morgan fingerprint density at radius 1 is 0.657 bits per heavy atom. The zero-order valence-corrected chi connectivity index (χ0v) is 22.0. The number of benzene rings is 2. The van der Waals surface area contributed by atoms with E-state index >= 15 is 0 Å². The number of halogens is 1. The van der Waals surface area contributed by atoms with E-state index in [1.54, 1.807) is 42.5 Å². The maximum absolute atomic E-state index is 12.6. The van der Waals surface area contributed by atoms with Crippen LogP contribution in [0.5, 0.6) is 0 Å². The van der Waals surface area contributed by atoms with Gasteiger partial charge in [0, 0.05) is 5.02 Å². The molecule has 0 aliphatic heterocycles. The van der Waals surface area contributed by atoms with Crippen molar-refractivity contribution in [1.82, 2.24) is 0 Å². The van der Waals surface area contributed by atoms with Crippen molar-refractivity contribution in [3.8, 4) is 0 Å². The fourth-order valence-electron chi connectivity index (χ4n) is 4.05. The number of hydrogen-bond acceptors (Lipinski definition) is 4. The first-order valence-corrected chi connectivity index (χ1v) is 13.7. The molecule has 0 atom stereocenters. The number of rotatable bonds is 18. The normalized spacial score (nSPS) is 10.8. The summed E-state index contributed by atoms with van der Waals surface area (Å²) in [6, 6.07) is 13.7. The van der Waals surface area contributed by atoms with Crippen molar-refractivity contribution in [2.24, 2.45) is 0 Å². The van der Waals surface area contributed by atoms with E-state index in [2.05, 4.69) is 6.92 Å². The molecule has 0 aromatic heterocycles. The zero-order chi connectivity index (χ0) is 25.1. The molecule has 4 nitrogen and oxygen atoms in total. The van der Waals surface area contributed by atoms with E-state index in [9.17, 15) is 9.59 Å². The number of carbonyl (C=O) groups excluding carboxylic acids is 2. The maximum atomic E-state index is 12.6. The molecular formula is C30H41ClO4. The molecule has 0 saturated heterocycles. The molecule has 0 spiro atoms. The van der Waals surface area contributed by atoms with E-state index in [1.165, 1.54) is 70.6 Å². The fraction of sp³-hybridized carbons (Fsp3) is 0.533. The van der Waals surface area contributed by atoms with Crippen LogP contribution in [-0.4, -0.2) is 18.5 Å². The molecule has 5 heteroatoms. The average molecular weight is 501 g/mol. The maximum Gasteiger partial charge on any atom is 0.339 e. The Balaban J connectivity index is 1.59. The lowest BCUT2D eigenvalue weighted by Gasteiger charge is -2.10. The molecule has 0 aliphatic rings. The van der Waals surface area contributed by atoms with Crippen molar-refractivity contribution in [2.45, 2.75) is 97.0 Å². The van der Waals surface area contributed by atoms with Gasteiger partial charge in [-0.1, -0.05) is 120 Å². The lowest BCUT2D eigenvalue weighted by Crippen LogP contribution is -2.14. The third-order valence-electron chi connectivity index (χ3n) is 6.11. The zero-order valence-electron chi connectivity index (χ0n) is 21.2. The second-order valence-electron chi connectivity index (χ2n) is 9.13. The molecule has 192 valence electrons. The SMILES string of the molecule is CCCCCCCCCCCCCCCOC(=O)c1ccccc1C(=O)OCc1cccc(Cl)c1. The van der Waals surface area contributed by atoms with Crippen LogP contribution in [0.15, 0.2) is 48.5 Å². The van der Waals surface area contributed by atoms with Crippen molar-refractivity contribution < 1.29 is 19.1 Å². The van der Waals surface area contributed by atoms with E-state index in [0.29, 0.717) is 11.6 Å². The molecule has 0 heterocycles. The third-order valence-corrected chi connectivity index (χ3v) is 6.34. The summed E-state index contributed by atoms with van der Waals surface area (Å²) in [6.07, 6.45) is 16.5. The van der Waals surface area contributed by atoms with Crippen LogP contribution in [0, 0.1) is 0 Å². The summed E-state index contributed by atoms with van der Waals surface area (Å²) in [7, 11) is 0. The molecule has 2 aromatic carbocycles. The summed E-state index contributed by atoms with van der Waals surface area (Å²) in [5.41, 5.74) is 1.23. The van der Waals surface area contributed by atoms with Gasteiger partial charge in [0.1, 0.15) is 6.61 Å². The number of carbonyl (C=O) groups is 2. The molecule has 2 rings (SSSR count). The summed E-state index contributed by atoms with van der Waals surface area (Å²) in [6.45, 7) is 2.71. The standard InChI is InChI=1S/C30H41ClO4/c1-2-3-4-5-6-7-8-9-10-11-12-13-16-22-34-29(32)27-20-14-15-21-28(27)30(33)35-24-25-18-17-19-26(31)23-25/h14-15,17-21,23H,2-13,16,22,24H2,1H3. The van der Waals surface area contributed by atoms with Crippen LogP contribution in [0.3, 0.4) is 0 Å². The average Bonchev–Trinajstić information content (AvgIpc) is 2.87. The smallest absolute Gasteiger partial charge is 0.339 e. The van der Waals surface area contributed by atoms with E-state index < -0.39 is 11.9 Å². The van der Waals surface area contributed by atoms with Crippen molar-refractivity contribution in [2.75, 3.05) is 6.61 Å². The minimum atomic E-state index is -0.557. The summed E-state index contributed by atoms with van der Waals surface area (Å²) >= 11 is 5.97. The number of esters is 2. The molecule has 0 radical (unpaired) electrons. The van der Waals surface area contributed by atoms with Gasteiger partial charge in [-0.3, -0.25) is 0 Å². The minimum Gasteiger partial charge on any atom is -0.462 e. The van der Waals surface area contributed by atoms with Crippen LogP contribution in [0.2, 0.25) is 5.02 Å². The van der Waals surface area contributed by atoms with E-state index in [4.69, 9.17) is 21.1 Å². The lowest BCUT2D eigenvalue weighted by atomic mass is 10.0. The van der Waals surface area contributed by atoms with E-state index in [1.807, 2.05) is 6.07 Å². The molecule has 0 saturated carbocycles. The monoisotopic (exact) mass is 500 g/mol. The molecule has 0 bridgehead atoms. The quantitative estimate of drug-likeness (QED) is 0.151. The van der Waals surface area contributed by atoms with Gasteiger partial charge in [-0.25, -0.2) is 9.59 Å². The van der Waals surface area contributed by atoms with Crippen LogP contribution < -0.4 is 0 Å². The number of hydrogen-bond donors (Lipinski definition) is 0. The number of ether oxygens (including phenoxy) is 2. The van der Waals surface area contributed by atoms with Gasteiger partial charge in [-0.05, 0) is 36.2 Å². The van der Waals surface area contributed by atoms with Crippen LogP contribution in [0.4, 0.5) is 0 Å². The summed E-state index contributed by atoms with van der Waals surface area (Å²) < 4.78 is 10.8. The largest absolute Gasteiger partial charge is 0.462 e. The summed E-state index contributed by atoms with van der Waals surface area (Å²) in [5, 5.41) is 0.579. The van der Waals surface area contributed by atoms with Crippen LogP contribution in [-0.2, 0) is 16.1 Å². The lowest BCUT2D eigenvalue weighted by molar-refractivity contribution is 0.0436. The Morgan fingerprint density at radius 3 is 1.71 bits per heavy atom. The van der Waals surface area contributed by atoms with Gasteiger partial charge in [0.05, 0.1) is 17.7 Å². The molecule has 0 aliphatic carbocycles. The molecule has 0 fully saturated rings. The van der Waals surface area contributed by atoms with Crippen molar-refractivity contribution in [1.29, 1.82) is 0 Å². The van der Waals surface area contributed by atoms with Gasteiger partial charge in [-0.15, -0.1) is 0 Å². The Bertz CT molecular complexity index is 880. The molecule has 0 N–H and O–H groups in total. The van der Waals surface area contributed by atoms with Crippen molar-refractivity contribution in [3.63, 3.8) is 0 Å². The van der Waals surface area contributed by atoms with Crippen LogP contribution >= 0.6 is 11.6 Å². The van der Waals surface area contributed by atoms with Gasteiger partial charge in [0.15, 0.2) is 0 Å². The van der Waals surface area contributed by atoms with Crippen LogP contribution in [0.25, 0.3) is 0 Å². The van der Waals surface area contributed by atoms with Gasteiger partial charge < -0.3 is 9.47 Å². The predicted octanol–water partition coefficient (Wildman–Crippen LogP) is 8.95. The summed E-state index contributed by atoms with van der Waals surface area (Å²) in [4.78, 5) is 25.1. The highest BCUT2D eigenvalue weighted by Crippen LogP contribution is 2.16. The Hall–Kier alpha value is -2.33. The second kappa shape index (κ2) is 18.0. The van der Waals surface area contributed by atoms with Gasteiger partial charge in [-0.2, -0.15) is 0 Å². The fourth-order valence-corrected chi connectivity index (χ4v) is 4.27. The van der Waals surface area contributed by atoms with E-state index in [-0.39, 0.29) is 17.7 Å². The highest BCUT2D eigenvalue weighted by atomic mass is 35.5. The van der Waals surface area contributed by atoms with Crippen molar-refractivity contribution >= 4 is 23.5 Å². The van der Waals surface area contributed by atoms with Gasteiger partial charge in [0.2, 0.25) is 0 Å². The van der Waals surface area contributed by atoms with Crippen LogP contribution in [0.1, 0.15) is 117 Å². The van der Waals surface area contributed by atoms with Gasteiger partial charge in [0.25, 0.3) is 0 Å². The molecular weight excluding hydrogens is 460 g/mol. The first-order chi connectivity index (χ1) is 17.1. The topological polar surface area (TPSA) is 52.6 Å².